The predicted molar refractivity (Wildman–Crippen MR) is 99.0 cm³/mol. The fraction of sp³-hybridized carbons (Fsp3) is 0.316. The number of ketones is 1. The van der Waals surface area contributed by atoms with Crippen molar-refractivity contribution < 1.29 is 40.0 Å². The Hall–Kier alpha value is -2.73. The molecule has 3 rings (SSSR count). The molecule has 0 radical (unpaired) electrons. The van der Waals surface area contributed by atoms with E-state index < -0.39 is 42.2 Å². The molecule has 1 aliphatic rings. The van der Waals surface area contributed by atoms with E-state index in [4.69, 9.17) is 25.5 Å². The second-order valence-corrected chi connectivity index (χ2v) is 6.22. The number of nitro benzene ring substituents is 1. The molecule has 1 fully saturated rings. The second kappa shape index (κ2) is 10.2. The Balaban J connectivity index is 0.000000221. The minimum atomic E-state index is -1.57. The molecule has 5 N–H and O–H groups in total. The van der Waals surface area contributed by atoms with Gasteiger partial charge in [-0.2, -0.15) is 0 Å². The molecule has 1 heterocycles. The van der Waals surface area contributed by atoms with Crippen molar-refractivity contribution in [3.8, 4) is 0 Å². The lowest BCUT2D eigenvalue weighted by atomic mass is 10.00. The van der Waals surface area contributed by atoms with Gasteiger partial charge in [0.15, 0.2) is 12.1 Å². The van der Waals surface area contributed by atoms with Crippen molar-refractivity contribution in [1.29, 1.82) is 0 Å². The Labute approximate surface area is 165 Å². The maximum Gasteiger partial charge on any atom is 0.269 e. The lowest BCUT2D eigenvalue weighted by Crippen LogP contribution is -2.58. The standard InChI is InChI=1S/C13H9NO3.C6H12O6/c15-13(10-4-2-1-3-5-10)11-6-8-12(9-7-11)14(16)17;7-1-2-3(8)4(9)5(10)6(11)12-2/h1-9H;2-11H,1H2/t;2-,3-,4+,5+,6+/m.1/s1. The van der Waals surface area contributed by atoms with Crippen LogP contribution in [0.4, 0.5) is 5.69 Å². The van der Waals surface area contributed by atoms with Crippen molar-refractivity contribution in [3.05, 3.63) is 75.8 Å². The molecule has 10 nitrogen and oxygen atoms in total. The minimum Gasteiger partial charge on any atom is -0.394 e. The monoisotopic (exact) mass is 407 g/mol. The van der Waals surface area contributed by atoms with Crippen LogP contribution in [0.15, 0.2) is 54.6 Å². The smallest absolute Gasteiger partial charge is 0.269 e. The number of nitro groups is 1. The van der Waals surface area contributed by atoms with Gasteiger partial charge < -0.3 is 30.3 Å². The molecule has 0 unspecified atom stereocenters. The minimum absolute atomic E-state index is 0.0189. The number of carbonyl (C=O) groups excluding carboxylic acids is 1. The summed E-state index contributed by atoms with van der Waals surface area (Å²) in [7, 11) is 0. The van der Waals surface area contributed by atoms with Gasteiger partial charge in [-0.25, -0.2) is 0 Å². The van der Waals surface area contributed by atoms with Gasteiger partial charge in [0, 0.05) is 23.3 Å². The normalized spacial score (nSPS) is 26.2. The zero-order valence-corrected chi connectivity index (χ0v) is 15.1. The number of rotatable bonds is 4. The molecule has 0 spiro atoms. The molecule has 0 amide bonds. The zero-order chi connectivity index (χ0) is 21.6. The van der Waals surface area contributed by atoms with E-state index in [-0.39, 0.29) is 11.5 Å². The topological polar surface area (TPSA) is 171 Å². The van der Waals surface area contributed by atoms with Crippen LogP contribution >= 0.6 is 0 Å². The predicted octanol–water partition coefficient (Wildman–Crippen LogP) is -0.396. The van der Waals surface area contributed by atoms with E-state index in [0.29, 0.717) is 11.1 Å². The van der Waals surface area contributed by atoms with Gasteiger partial charge >= 0.3 is 0 Å². The highest BCUT2D eigenvalue weighted by Crippen LogP contribution is 2.19. The average Bonchev–Trinajstić information content (AvgIpc) is 2.75. The van der Waals surface area contributed by atoms with E-state index in [1.807, 2.05) is 6.07 Å². The van der Waals surface area contributed by atoms with Crippen molar-refractivity contribution >= 4 is 11.5 Å². The van der Waals surface area contributed by atoms with Gasteiger partial charge in [-0.05, 0) is 12.1 Å². The summed E-state index contributed by atoms with van der Waals surface area (Å²) in [5.74, 6) is -0.138. The van der Waals surface area contributed by atoms with Gasteiger partial charge in [0.1, 0.15) is 24.4 Å². The molecule has 2 aromatic carbocycles. The number of carbonyl (C=O) groups is 1. The van der Waals surface area contributed by atoms with Crippen LogP contribution in [0.1, 0.15) is 15.9 Å². The Bertz CT molecular complexity index is 807. The SMILES string of the molecule is O=C(c1ccccc1)c1ccc([N+](=O)[O-])cc1.OC[C@H]1O[C@H](O)[C@@H](O)[C@@H](O)[C@@H]1O. The molecule has 0 bridgehead atoms. The number of aliphatic hydroxyl groups is 5. The third-order valence-corrected chi connectivity index (χ3v) is 4.24. The Morgan fingerprint density at radius 2 is 1.45 bits per heavy atom. The number of aliphatic hydroxyl groups excluding tert-OH is 5. The van der Waals surface area contributed by atoms with E-state index in [1.54, 1.807) is 24.3 Å². The summed E-state index contributed by atoms with van der Waals surface area (Å²) in [6.07, 6.45) is -7.04. The van der Waals surface area contributed by atoms with Gasteiger partial charge in [-0.3, -0.25) is 14.9 Å². The Kier molecular flexibility index (Phi) is 7.91. The summed E-state index contributed by atoms with van der Waals surface area (Å²) < 4.78 is 4.58. The lowest BCUT2D eigenvalue weighted by molar-refractivity contribution is -0.384. The molecule has 2 aromatic rings. The molecule has 156 valence electrons. The number of hydrogen-bond acceptors (Lipinski definition) is 9. The first-order chi connectivity index (χ1) is 13.8. The number of benzene rings is 2. The Morgan fingerprint density at radius 3 is 1.97 bits per heavy atom. The van der Waals surface area contributed by atoms with Crippen molar-refractivity contribution in [2.45, 2.75) is 30.7 Å². The quantitative estimate of drug-likeness (QED) is 0.257. The van der Waals surface area contributed by atoms with Crippen molar-refractivity contribution in [2.24, 2.45) is 0 Å². The third kappa shape index (κ3) is 5.64. The van der Waals surface area contributed by atoms with Gasteiger partial charge in [0.05, 0.1) is 11.5 Å². The molecule has 29 heavy (non-hydrogen) atoms. The van der Waals surface area contributed by atoms with Crippen LogP contribution in [0.5, 0.6) is 0 Å². The third-order valence-electron chi connectivity index (χ3n) is 4.24. The van der Waals surface area contributed by atoms with Crippen molar-refractivity contribution in [1.82, 2.24) is 0 Å². The van der Waals surface area contributed by atoms with E-state index in [9.17, 15) is 14.9 Å². The summed E-state index contributed by atoms with van der Waals surface area (Å²) in [4.78, 5) is 21.9. The van der Waals surface area contributed by atoms with Crippen molar-refractivity contribution in [2.75, 3.05) is 6.61 Å². The van der Waals surface area contributed by atoms with E-state index in [2.05, 4.69) is 4.74 Å². The molecule has 0 aliphatic carbocycles. The van der Waals surface area contributed by atoms with Gasteiger partial charge in [0.2, 0.25) is 0 Å². The summed E-state index contributed by atoms with van der Waals surface area (Å²) in [6, 6.07) is 14.4. The fourth-order valence-electron chi connectivity index (χ4n) is 2.57. The van der Waals surface area contributed by atoms with Crippen LogP contribution in [0.3, 0.4) is 0 Å². The lowest BCUT2D eigenvalue weighted by Gasteiger charge is -2.37. The largest absolute Gasteiger partial charge is 0.394 e. The second-order valence-electron chi connectivity index (χ2n) is 6.22. The van der Waals surface area contributed by atoms with Crippen molar-refractivity contribution in [3.63, 3.8) is 0 Å². The summed E-state index contributed by atoms with van der Waals surface area (Å²) >= 11 is 0. The van der Waals surface area contributed by atoms with Crippen LogP contribution in [0.2, 0.25) is 0 Å². The number of ether oxygens (including phenoxy) is 1. The number of hydrogen-bond donors (Lipinski definition) is 5. The maximum absolute atomic E-state index is 12.0. The van der Waals surface area contributed by atoms with E-state index in [0.717, 1.165) is 0 Å². The van der Waals surface area contributed by atoms with Crippen LogP contribution in [0.25, 0.3) is 0 Å². The zero-order valence-electron chi connectivity index (χ0n) is 15.1. The highest BCUT2D eigenvalue weighted by Gasteiger charge is 2.42. The summed E-state index contributed by atoms with van der Waals surface area (Å²) in [6.45, 7) is -0.526. The molecule has 10 heteroatoms. The fourth-order valence-corrected chi connectivity index (χ4v) is 2.57. The van der Waals surface area contributed by atoms with E-state index >= 15 is 0 Å². The Morgan fingerprint density at radius 1 is 0.897 bits per heavy atom. The summed E-state index contributed by atoms with van der Waals surface area (Å²) in [5.41, 5.74) is 0.998. The van der Waals surface area contributed by atoms with Crippen LogP contribution in [0, 0.1) is 10.1 Å². The van der Waals surface area contributed by atoms with Gasteiger partial charge in [-0.1, -0.05) is 30.3 Å². The average molecular weight is 407 g/mol. The molecular formula is C19H21NO9. The number of non-ortho nitro benzene ring substituents is 1. The molecule has 1 saturated heterocycles. The maximum atomic E-state index is 12.0. The van der Waals surface area contributed by atoms with Gasteiger partial charge in [-0.15, -0.1) is 0 Å². The highest BCUT2D eigenvalue weighted by atomic mass is 16.6. The first-order valence-electron chi connectivity index (χ1n) is 8.59. The van der Waals surface area contributed by atoms with Crippen LogP contribution in [-0.2, 0) is 4.74 Å². The number of nitrogens with zero attached hydrogens (tertiary/aromatic N) is 1. The van der Waals surface area contributed by atoms with Gasteiger partial charge in [0.25, 0.3) is 5.69 Å². The highest BCUT2D eigenvalue weighted by molar-refractivity contribution is 6.09. The van der Waals surface area contributed by atoms with Crippen LogP contribution in [-0.4, -0.2) is 73.6 Å². The van der Waals surface area contributed by atoms with Crippen LogP contribution < -0.4 is 0 Å². The molecular weight excluding hydrogens is 386 g/mol. The molecule has 0 aromatic heterocycles. The molecule has 1 aliphatic heterocycles. The molecule has 0 saturated carbocycles. The first kappa shape index (κ1) is 22.6. The molecule has 5 atom stereocenters. The summed E-state index contributed by atoms with van der Waals surface area (Å²) in [5, 5.41) is 55.1. The first-order valence-corrected chi connectivity index (χ1v) is 8.59. The van der Waals surface area contributed by atoms with E-state index in [1.165, 1.54) is 24.3 Å².